The first-order valence-electron chi connectivity index (χ1n) is 4.51. The van der Waals surface area contributed by atoms with Crippen molar-refractivity contribution < 1.29 is 9.53 Å². The van der Waals surface area contributed by atoms with E-state index in [-0.39, 0.29) is 5.78 Å². The van der Waals surface area contributed by atoms with Crippen LogP contribution in [0.2, 0.25) is 0 Å². The number of methoxy groups -OCH3 is 1. The minimum Gasteiger partial charge on any atom is -0.496 e. The fourth-order valence-electron chi connectivity index (χ4n) is 0.947. The van der Waals surface area contributed by atoms with Crippen molar-refractivity contribution in [3.63, 3.8) is 0 Å². The molecule has 0 unspecified atom stereocenters. The minimum absolute atomic E-state index is 0.0347. The quantitative estimate of drug-likeness (QED) is 0.615. The summed E-state index contributed by atoms with van der Waals surface area (Å²) in [5.74, 6) is 0.661. The fraction of sp³-hybridized carbons (Fsp3) is 0.364. The third kappa shape index (κ3) is 3.50. The molecule has 0 saturated heterocycles. The van der Waals surface area contributed by atoms with Crippen LogP contribution in [0.4, 0.5) is 0 Å². The molecular formula is C11H15BrO2. The van der Waals surface area contributed by atoms with E-state index in [1.807, 2.05) is 26.0 Å². The molecule has 3 heteroatoms. The monoisotopic (exact) mass is 258 g/mol. The van der Waals surface area contributed by atoms with E-state index < -0.39 is 0 Å². The molecular weight excluding hydrogens is 244 g/mol. The standard InChI is InChI=1S/C9H9BrO2.C2H6/c1-12-9-5-3-2-4-7(9)8(11)6-10;1-2/h2-5H,6H2,1H3;1-2H3. The molecule has 78 valence electrons. The van der Waals surface area contributed by atoms with E-state index >= 15 is 0 Å². The van der Waals surface area contributed by atoms with E-state index in [1.165, 1.54) is 0 Å². The Bertz CT molecular complexity index is 284. The van der Waals surface area contributed by atoms with Gasteiger partial charge in [-0.3, -0.25) is 4.79 Å². The van der Waals surface area contributed by atoms with Gasteiger partial charge in [-0.2, -0.15) is 0 Å². The Morgan fingerprint density at radius 2 is 1.93 bits per heavy atom. The Morgan fingerprint density at radius 3 is 2.43 bits per heavy atom. The summed E-state index contributed by atoms with van der Waals surface area (Å²) in [6, 6.07) is 7.18. The lowest BCUT2D eigenvalue weighted by Gasteiger charge is -2.04. The van der Waals surface area contributed by atoms with Crippen molar-refractivity contribution in [3.05, 3.63) is 29.8 Å². The summed E-state index contributed by atoms with van der Waals surface area (Å²) in [5, 5.41) is 0.327. The molecule has 0 aromatic heterocycles. The van der Waals surface area contributed by atoms with Crippen molar-refractivity contribution in [2.24, 2.45) is 0 Å². The molecule has 0 aliphatic heterocycles. The first-order valence-corrected chi connectivity index (χ1v) is 5.64. The molecule has 1 rings (SSSR count). The van der Waals surface area contributed by atoms with E-state index in [1.54, 1.807) is 19.2 Å². The summed E-state index contributed by atoms with van der Waals surface area (Å²) in [6.07, 6.45) is 0. The first-order chi connectivity index (χ1) is 6.79. The summed E-state index contributed by atoms with van der Waals surface area (Å²) in [7, 11) is 1.56. The van der Waals surface area contributed by atoms with Crippen molar-refractivity contribution in [3.8, 4) is 5.75 Å². The molecule has 0 heterocycles. The number of halogens is 1. The number of rotatable bonds is 3. The Kier molecular flexibility index (Phi) is 7.11. The van der Waals surface area contributed by atoms with Crippen LogP contribution in [-0.4, -0.2) is 18.2 Å². The molecule has 0 amide bonds. The molecule has 0 bridgehead atoms. The van der Waals surface area contributed by atoms with Gasteiger partial charge in [-0.15, -0.1) is 0 Å². The second-order valence-corrected chi connectivity index (χ2v) is 2.82. The topological polar surface area (TPSA) is 26.3 Å². The van der Waals surface area contributed by atoms with Crippen LogP contribution < -0.4 is 4.74 Å². The van der Waals surface area contributed by atoms with Gasteiger partial charge in [0.1, 0.15) is 5.75 Å². The summed E-state index contributed by atoms with van der Waals surface area (Å²) >= 11 is 3.11. The third-order valence-electron chi connectivity index (χ3n) is 1.53. The van der Waals surface area contributed by atoms with Gasteiger partial charge < -0.3 is 4.74 Å². The van der Waals surface area contributed by atoms with E-state index in [9.17, 15) is 4.79 Å². The zero-order valence-electron chi connectivity index (χ0n) is 8.71. The Balaban J connectivity index is 0.000000791. The highest BCUT2D eigenvalue weighted by atomic mass is 79.9. The fourth-order valence-corrected chi connectivity index (χ4v) is 1.25. The lowest BCUT2D eigenvalue weighted by molar-refractivity contribution is 0.102. The van der Waals surface area contributed by atoms with Crippen molar-refractivity contribution in [1.82, 2.24) is 0 Å². The second-order valence-electron chi connectivity index (χ2n) is 2.26. The number of carbonyl (C=O) groups excluding carboxylic acids is 1. The van der Waals surface area contributed by atoms with Gasteiger partial charge in [0, 0.05) is 0 Å². The van der Waals surface area contributed by atoms with Crippen molar-refractivity contribution in [2.75, 3.05) is 12.4 Å². The zero-order valence-corrected chi connectivity index (χ0v) is 10.3. The number of ether oxygens (including phenoxy) is 1. The maximum atomic E-state index is 11.3. The van der Waals surface area contributed by atoms with Crippen LogP contribution in [0.25, 0.3) is 0 Å². The summed E-state index contributed by atoms with van der Waals surface area (Å²) in [6.45, 7) is 4.00. The van der Waals surface area contributed by atoms with Gasteiger partial charge in [0.2, 0.25) is 0 Å². The molecule has 1 aromatic rings. The summed E-state index contributed by atoms with van der Waals surface area (Å²) in [4.78, 5) is 11.3. The number of carbonyl (C=O) groups is 1. The number of hydrogen-bond acceptors (Lipinski definition) is 2. The van der Waals surface area contributed by atoms with Gasteiger partial charge in [0.15, 0.2) is 5.78 Å². The predicted octanol–water partition coefficient (Wildman–Crippen LogP) is 3.30. The van der Waals surface area contributed by atoms with Crippen molar-refractivity contribution in [2.45, 2.75) is 13.8 Å². The smallest absolute Gasteiger partial charge is 0.177 e. The third-order valence-corrected chi connectivity index (χ3v) is 2.04. The maximum Gasteiger partial charge on any atom is 0.177 e. The van der Waals surface area contributed by atoms with Crippen LogP contribution in [0.5, 0.6) is 5.75 Å². The zero-order chi connectivity index (χ0) is 11.0. The number of Topliss-reactive ketones (excluding diaryl/α,β-unsaturated/α-hetero) is 1. The largest absolute Gasteiger partial charge is 0.496 e. The molecule has 0 radical (unpaired) electrons. The molecule has 0 saturated carbocycles. The summed E-state index contributed by atoms with van der Waals surface area (Å²) < 4.78 is 5.03. The van der Waals surface area contributed by atoms with Crippen LogP contribution in [0.15, 0.2) is 24.3 Å². The molecule has 2 nitrogen and oxygen atoms in total. The molecule has 0 aliphatic rings. The van der Waals surface area contributed by atoms with Gasteiger partial charge in [-0.05, 0) is 12.1 Å². The van der Waals surface area contributed by atoms with Gasteiger partial charge >= 0.3 is 0 Å². The van der Waals surface area contributed by atoms with Crippen LogP contribution in [0.3, 0.4) is 0 Å². The Labute approximate surface area is 93.4 Å². The number of alkyl halides is 1. The first kappa shape index (κ1) is 13.2. The molecule has 0 N–H and O–H groups in total. The molecule has 0 atom stereocenters. The van der Waals surface area contributed by atoms with Crippen molar-refractivity contribution in [1.29, 1.82) is 0 Å². The average Bonchev–Trinajstić information content (AvgIpc) is 2.30. The van der Waals surface area contributed by atoms with Gasteiger partial charge in [-0.25, -0.2) is 0 Å². The highest BCUT2D eigenvalue weighted by Gasteiger charge is 2.08. The molecule has 1 aromatic carbocycles. The highest BCUT2D eigenvalue weighted by Crippen LogP contribution is 2.18. The normalized spacial score (nSPS) is 8.57. The van der Waals surface area contributed by atoms with E-state index in [0.29, 0.717) is 16.6 Å². The molecule has 14 heavy (non-hydrogen) atoms. The Hall–Kier alpha value is -0.830. The van der Waals surface area contributed by atoms with E-state index in [4.69, 9.17) is 4.74 Å². The van der Waals surface area contributed by atoms with Crippen LogP contribution >= 0.6 is 15.9 Å². The maximum absolute atomic E-state index is 11.3. The highest BCUT2D eigenvalue weighted by molar-refractivity contribution is 9.09. The minimum atomic E-state index is 0.0347. The SMILES string of the molecule is CC.COc1ccccc1C(=O)CBr. The molecule has 0 fully saturated rings. The van der Waals surface area contributed by atoms with Gasteiger partial charge in [0.05, 0.1) is 18.0 Å². The molecule has 0 spiro atoms. The lowest BCUT2D eigenvalue weighted by Crippen LogP contribution is -2.02. The van der Waals surface area contributed by atoms with Crippen LogP contribution in [0, 0.1) is 0 Å². The molecule has 0 aliphatic carbocycles. The van der Waals surface area contributed by atoms with Crippen LogP contribution in [0.1, 0.15) is 24.2 Å². The van der Waals surface area contributed by atoms with E-state index in [0.717, 1.165) is 0 Å². The van der Waals surface area contributed by atoms with Crippen molar-refractivity contribution >= 4 is 21.7 Å². The average molecular weight is 259 g/mol. The van der Waals surface area contributed by atoms with Crippen LogP contribution in [-0.2, 0) is 0 Å². The summed E-state index contributed by atoms with van der Waals surface area (Å²) in [5.41, 5.74) is 0.622. The van der Waals surface area contributed by atoms with Gasteiger partial charge in [-0.1, -0.05) is 41.9 Å². The predicted molar refractivity (Wildman–Crippen MR) is 62.5 cm³/mol. The number of hydrogen-bond donors (Lipinski definition) is 0. The number of benzene rings is 1. The Morgan fingerprint density at radius 1 is 1.36 bits per heavy atom. The van der Waals surface area contributed by atoms with Gasteiger partial charge in [0.25, 0.3) is 0 Å². The van der Waals surface area contributed by atoms with E-state index in [2.05, 4.69) is 15.9 Å². The lowest BCUT2D eigenvalue weighted by atomic mass is 10.1. The number of para-hydroxylation sites is 1. The second kappa shape index (κ2) is 7.56. The number of ketones is 1.